The highest BCUT2D eigenvalue weighted by Crippen LogP contribution is 2.09. The standard InChI is InChI=1S/C17H23BrO4/c1-20-17(19)10-12-22-16(9-5-6-11-18)14-21-13-15-7-3-2-4-8-15/h2-4,7-8,10,12,16H,5-6,9,11,13-14H2,1H3/b12-10+/t16-/m0/s1. The minimum Gasteiger partial charge on any atom is -0.495 e. The largest absolute Gasteiger partial charge is 0.495 e. The third-order valence-corrected chi connectivity index (χ3v) is 3.56. The Morgan fingerprint density at radius 2 is 2.05 bits per heavy atom. The molecule has 0 aliphatic heterocycles. The second kappa shape index (κ2) is 12.2. The number of rotatable bonds is 11. The van der Waals surface area contributed by atoms with E-state index in [1.54, 1.807) is 0 Å². The van der Waals surface area contributed by atoms with Gasteiger partial charge in [0.2, 0.25) is 0 Å². The van der Waals surface area contributed by atoms with Crippen LogP contribution in [-0.4, -0.2) is 31.1 Å². The summed E-state index contributed by atoms with van der Waals surface area (Å²) in [7, 11) is 1.34. The summed E-state index contributed by atoms with van der Waals surface area (Å²) in [6.07, 6.45) is 5.59. The second-order valence-electron chi connectivity index (χ2n) is 4.77. The number of halogens is 1. The molecule has 1 aromatic carbocycles. The summed E-state index contributed by atoms with van der Waals surface area (Å²) in [6.45, 7) is 1.04. The van der Waals surface area contributed by atoms with Gasteiger partial charge in [-0.05, 0) is 24.8 Å². The fourth-order valence-electron chi connectivity index (χ4n) is 1.81. The van der Waals surface area contributed by atoms with Crippen molar-refractivity contribution in [2.45, 2.75) is 32.0 Å². The van der Waals surface area contributed by atoms with Gasteiger partial charge in [0.1, 0.15) is 6.10 Å². The molecule has 5 heteroatoms. The fourth-order valence-corrected chi connectivity index (χ4v) is 2.21. The molecule has 22 heavy (non-hydrogen) atoms. The van der Waals surface area contributed by atoms with Crippen LogP contribution < -0.4 is 0 Å². The van der Waals surface area contributed by atoms with Crippen molar-refractivity contribution in [3.8, 4) is 0 Å². The summed E-state index contributed by atoms with van der Waals surface area (Å²) in [5, 5.41) is 0.975. The molecule has 1 aromatic rings. The highest BCUT2D eigenvalue weighted by molar-refractivity contribution is 9.09. The Morgan fingerprint density at radius 1 is 1.27 bits per heavy atom. The normalized spacial score (nSPS) is 12.3. The second-order valence-corrected chi connectivity index (χ2v) is 5.56. The topological polar surface area (TPSA) is 44.8 Å². The Morgan fingerprint density at radius 3 is 2.73 bits per heavy atom. The van der Waals surface area contributed by atoms with Crippen molar-refractivity contribution >= 4 is 21.9 Å². The van der Waals surface area contributed by atoms with Crippen molar-refractivity contribution in [3.05, 3.63) is 48.2 Å². The van der Waals surface area contributed by atoms with Gasteiger partial charge >= 0.3 is 5.97 Å². The van der Waals surface area contributed by atoms with Crippen molar-refractivity contribution in [3.63, 3.8) is 0 Å². The molecule has 0 aliphatic rings. The van der Waals surface area contributed by atoms with Gasteiger partial charge in [0.05, 0.1) is 32.7 Å². The maximum atomic E-state index is 11.0. The number of carbonyl (C=O) groups excluding carboxylic acids is 1. The predicted molar refractivity (Wildman–Crippen MR) is 89.8 cm³/mol. The summed E-state index contributed by atoms with van der Waals surface area (Å²) in [5.74, 6) is -0.426. The van der Waals surface area contributed by atoms with Crippen LogP contribution in [0.4, 0.5) is 0 Å². The summed E-state index contributed by atoms with van der Waals surface area (Å²) >= 11 is 3.42. The number of alkyl halides is 1. The van der Waals surface area contributed by atoms with E-state index in [9.17, 15) is 4.79 Å². The molecule has 0 heterocycles. The Bertz CT molecular complexity index is 434. The van der Waals surface area contributed by atoms with Gasteiger partial charge in [0, 0.05) is 5.33 Å². The highest BCUT2D eigenvalue weighted by Gasteiger charge is 2.09. The van der Waals surface area contributed by atoms with E-state index in [2.05, 4.69) is 20.7 Å². The Balaban J connectivity index is 2.36. The summed E-state index contributed by atoms with van der Waals surface area (Å²) in [6, 6.07) is 10.0. The van der Waals surface area contributed by atoms with Crippen LogP contribution in [0.25, 0.3) is 0 Å². The van der Waals surface area contributed by atoms with Crippen molar-refractivity contribution < 1.29 is 19.0 Å². The van der Waals surface area contributed by atoms with Crippen LogP contribution in [0, 0.1) is 0 Å². The van der Waals surface area contributed by atoms with E-state index in [1.807, 2.05) is 30.3 Å². The maximum absolute atomic E-state index is 11.0. The third kappa shape index (κ3) is 8.85. The first-order valence-corrected chi connectivity index (χ1v) is 8.46. The zero-order valence-corrected chi connectivity index (χ0v) is 14.5. The van der Waals surface area contributed by atoms with E-state index in [0.29, 0.717) is 13.2 Å². The van der Waals surface area contributed by atoms with E-state index in [1.165, 1.54) is 19.4 Å². The van der Waals surface area contributed by atoms with Gasteiger partial charge < -0.3 is 14.2 Å². The number of hydrogen-bond acceptors (Lipinski definition) is 4. The van der Waals surface area contributed by atoms with Crippen LogP contribution >= 0.6 is 15.9 Å². The summed E-state index contributed by atoms with van der Waals surface area (Å²) < 4.78 is 15.8. The molecule has 0 aliphatic carbocycles. The fraction of sp³-hybridized carbons (Fsp3) is 0.471. The van der Waals surface area contributed by atoms with E-state index in [4.69, 9.17) is 9.47 Å². The van der Waals surface area contributed by atoms with Crippen molar-refractivity contribution in [2.24, 2.45) is 0 Å². The lowest BCUT2D eigenvalue weighted by Gasteiger charge is -2.16. The van der Waals surface area contributed by atoms with Gasteiger partial charge in [0.15, 0.2) is 0 Å². The number of esters is 1. The zero-order chi connectivity index (χ0) is 16.0. The molecule has 0 N–H and O–H groups in total. The van der Waals surface area contributed by atoms with Crippen molar-refractivity contribution in [1.82, 2.24) is 0 Å². The third-order valence-electron chi connectivity index (χ3n) is 3.00. The average Bonchev–Trinajstić information content (AvgIpc) is 2.55. The monoisotopic (exact) mass is 370 g/mol. The average molecular weight is 371 g/mol. The lowest BCUT2D eigenvalue weighted by Crippen LogP contribution is -2.18. The quantitative estimate of drug-likeness (QED) is 0.195. The molecule has 1 atom stereocenters. The first-order chi connectivity index (χ1) is 10.8. The van der Waals surface area contributed by atoms with E-state index in [0.717, 1.165) is 30.2 Å². The minimum atomic E-state index is -0.426. The van der Waals surface area contributed by atoms with Gasteiger partial charge in [0.25, 0.3) is 0 Å². The Hall–Kier alpha value is -1.33. The van der Waals surface area contributed by atoms with Crippen LogP contribution in [-0.2, 0) is 25.6 Å². The van der Waals surface area contributed by atoms with Crippen LogP contribution in [0.2, 0.25) is 0 Å². The van der Waals surface area contributed by atoms with Gasteiger partial charge in [-0.15, -0.1) is 0 Å². The molecule has 0 saturated heterocycles. The van der Waals surface area contributed by atoms with Crippen LogP contribution in [0.5, 0.6) is 0 Å². The number of methoxy groups -OCH3 is 1. The number of hydrogen-bond donors (Lipinski definition) is 0. The molecular formula is C17H23BrO4. The lowest BCUT2D eigenvalue weighted by molar-refractivity contribution is -0.135. The van der Waals surface area contributed by atoms with Gasteiger partial charge in [-0.3, -0.25) is 0 Å². The first-order valence-electron chi connectivity index (χ1n) is 7.34. The number of unbranched alkanes of at least 4 members (excludes halogenated alkanes) is 1. The molecule has 0 unspecified atom stereocenters. The molecular weight excluding hydrogens is 348 g/mol. The predicted octanol–water partition coefficient (Wildman–Crippen LogP) is 3.84. The maximum Gasteiger partial charge on any atom is 0.333 e. The van der Waals surface area contributed by atoms with Crippen LogP contribution in [0.15, 0.2) is 42.7 Å². The lowest BCUT2D eigenvalue weighted by atomic mass is 10.2. The van der Waals surface area contributed by atoms with Crippen LogP contribution in [0.1, 0.15) is 24.8 Å². The molecule has 0 radical (unpaired) electrons. The zero-order valence-electron chi connectivity index (χ0n) is 12.9. The molecule has 0 spiro atoms. The Kier molecular flexibility index (Phi) is 10.4. The molecule has 0 aromatic heterocycles. The van der Waals surface area contributed by atoms with E-state index in [-0.39, 0.29) is 6.10 Å². The molecule has 122 valence electrons. The van der Waals surface area contributed by atoms with Gasteiger partial charge in [-0.2, -0.15) is 0 Å². The molecule has 0 saturated carbocycles. The van der Waals surface area contributed by atoms with Crippen molar-refractivity contribution in [1.29, 1.82) is 0 Å². The summed E-state index contributed by atoms with van der Waals surface area (Å²) in [4.78, 5) is 11.0. The summed E-state index contributed by atoms with van der Waals surface area (Å²) in [5.41, 5.74) is 1.13. The first kappa shape index (κ1) is 18.7. The van der Waals surface area contributed by atoms with Crippen LogP contribution in [0.3, 0.4) is 0 Å². The molecule has 0 bridgehead atoms. The van der Waals surface area contributed by atoms with Gasteiger partial charge in [-0.1, -0.05) is 46.3 Å². The highest BCUT2D eigenvalue weighted by atomic mass is 79.9. The molecule has 4 nitrogen and oxygen atoms in total. The molecule has 0 fully saturated rings. The molecule has 1 rings (SSSR count). The van der Waals surface area contributed by atoms with Crippen molar-refractivity contribution in [2.75, 3.05) is 19.0 Å². The number of ether oxygens (including phenoxy) is 3. The number of benzene rings is 1. The smallest absolute Gasteiger partial charge is 0.333 e. The van der Waals surface area contributed by atoms with Gasteiger partial charge in [-0.25, -0.2) is 4.79 Å². The minimum absolute atomic E-state index is 0.0660. The van der Waals surface area contributed by atoms with E-state index < -0.39 is 5.97 Å². The Labute approximate surface area is 140 Å². The van der Waals surface area contributed by atoms with E-state index >= 15 is 0 Å². The number of carbonyl (C=O) groups is 1. The molecule has 0 amide bonds. The SMILES string of the molecule is COC(=O)/C=C/O[C@@H](CCCCBr)COCc1ccccc1.